The van der Waals surface area contributed by atoms with Crippen molar-refractivity contribution >= 4 is 26.8 Å². The average Bonchev–Trinajstić information content (AvgIpc) is 2.73. The van der Waals surface area contributed by atoms with Gasteiger partial charge in [0, 0.05) is 29.9 Å². The number of piperidine rings is 1. The monoisotopic (exact) mass is 426 g/mol. The number of ether oxygens (including phenoxy) is 1. The van der Waals surface area contributed by atoms with Crippen LogP contribution in [0.2, 0.25) is 0 Å². The zero-order chi connectivity index (χ0) is 21.3. The number of nitrogens with two attached hydrogens (primary N) is 1. The fourth-order valence-corrected chi connectivity index (χ4v) is 5.26. The van der Waals surface area contributed by atoms with Gasteiger partial charge in [-0.05, 0) is 38.0 Å². The molecule has 1 atom stereocenters. The number of sulfonamides is 1. The Bertz CT molecular complexity index is 1210. The summed E-state index contributed by atoms with van der Waals surface area (Å²) in [6.07, 6.45) is 2.46. The number of rotatable bonds is 5. The van der Waals surface area contributed by atoms with Crippen LogP contribution in [-0.2, 0) is 10.0 Å². The van der Waals surface area contributed by atoms with Crippen LogP contribution in [0.5, 0.6) is 5.75 Å². The van der Waals surface area contributed by atoms with E-state index in [1.165, 1.54) is 16.6 Å². The van der Waals surface area contributed by atoms with E-state index in [0.29, 0.717) is 30.7 Å². The fraction of sp³-hybridized carbons (Fsp3) is 0.286. The van der Waals surface area contributed by atoms with E-state index in [-0.39, 0.29) is 23.2 Å². The quantitative estimate of drug-likeness (QED) is 0.669. The average molecular weight is 426 g/mol. The normalized spacial score (nSPS) is 17.7. The highest BCUT2D eigenvalue weighted by molar-refractivity contribution is 7.89. The van der Waals surface area contributed by atoms with Gasteiger partial charge in [0.2, 0.25) is 10.0 Å². The molecule has 1 aromatic carbocycles. The molecule has 0 bridgehead atoms. The van der Waals surface area contributed by atoms with Crippen molar-refractivity contribution in [3.05, 3.63) is 60.0 Å². The zero-order valence-corrected chi connectivity index (χ0v) is 17.3. The number of carbonyl (C=O) groups excluding carboxylic acids is 1. The molecule has 1 amide bonds. The number of carbonyl (C=O) groups is 1. The van der Waals surface area contributed by atoms with Gasteiger partial charge in [0.15, 0.2) is 0 Å². The van der Waals surface area contributed by atoms with Crippen LogP contribution < -0.4 is 10.5 Å². The summed E-state index contributed by atoms with van der Waals surface area (Å²) in [6, 6.07) is 12.0. The number of aromatic nitrogens is 2. The molecular formula is C21H22N4O4S. The second-order valence-corrected chi connectivity index (χ2v) is 9.17. The molecule has 0 saturated carbocycles. The second kappa shape index (κ2) is 8.00. The SMILES string of the molecule is Cc1ccc2cccc(S(=O)(=O)N3CCCC(Oc4ccnc(C(N)=O)c4)C3)c2n1. The first-order valence-electron chi connectivity index (χ1n) is 9.63. The Labute approximate surface area is 174 Å². The van der Waals surface area contributed by atoms with Crippen LogP contribution in [0, 0.1) is 6.92 Å². The molecule has 156 valence electrons. The molecule has 1 aliphatic rings. The van der Waals surface area contributed by atoms with E-state index in [4.69, 9.17) is 10.5 Å². The summed E-state index contributed by atoms with van der Waals surface area (Å²) < 4.78 is 34.2. The first kappa shape index (κ1) is 20.2. The maximum atomic E-state index is 13.4. The molecule has 3 heterocycles. The molecule has 1 saturated heterocycles. The van der Waals surface area contributed by atoms with E-state index < -0.39 is 15.9 Å². The van der Waals surface area contributed by atoms with Gasteiger partial charge in [0.05, 0.1) is 12.1 Å². The van der Waals surface area contributed by atoms with Crippen LogP contribution in [0.3, 0.4) is 0 Å². The zero-order valence-electron chi connectivity index (χ0n) is 16.5. The van der Waals surface area contributed by atoms with Crippen LogP contribution in [0.15, 0.2) is 53.6 Å². The number of fused-ring (bicyclic) bond motifs is 1. The molecule has 8 nitrogen and oxygen atoms in total. The Morgan fingerprint density at radius 3 is 2.87 bits per heavy atom. The minimum atomic E-state index is -3.75. The molecule has 2 N–H and O–H groups in total. The topological polar surface area (TPSA) is 115 Å². The smallest absolute Gasteiger partial charge is 0.267 e. The number of nitrogens with zero attached hydrogens (tertiary/aromatic N) is 3. The first-order chi connectivity index (χ1) is 14.3. The van der Waals surface area contributed by atoms with Crippen molar-refractivity contribution in [3.8, 4) is 5.75 Å². The molecule has 0 spiro atoms. The standard InChI is InChI=1S/C21H22N4O4S/c1-14-7-8-15-4-2-6-19(20(15)24-14)30(27,28)25-11-3-5-17(13-25)29-16-9-10-23-18(12-16)21(22)26/h2,4,6-10,12,17H,3,5,11,13H2,1H3,(H2,22,26). The third-order valence-electron chi connectivity index (χ3n) is 5.07. The number of benzene rings is 1. The van der Waals surface area contributed by atoms with E-state index in [9.17, 15) is 13.2 Å². The third-order valence-corrected chi connectivity index (χ3v) is 6.96. The van der Waals surface area contributed by atoms with Gasteiger partial charge in [0.1, 0.15) is 22.4 Å². The van der Waals surface area contributed by atoms with Crippen LogP contribution >= 0.6 is 0 Å². The summed E-state index contributed by atoms with van der Waals surface area (Å²) in [5, 5.41) is 0.780. The Morgan fingerprint density at radius 1 is 1.23 bits per heavy atom. The molecule has 1 unspecified atom stereocenters. The summed E-state index contributed by atoms with van der Waals surface area (Å²) in [5.41, 5.74) is 6.60. The minimum Gasteiger partial charge on any atom is -0.489 e. The summed E-state index contributed by atoms with van der Waals surface area (Å²) >= 11 is 0. The summed E-state index contributed by atoms with van der Waals surface area (Å²) in [4.78, 5) is 19.9. The van der Waals surface area contributed by atoms with E-state index in [2.05, 4.69) is 9.97 Å². The number of primary amides is 1. The number of para-hydroxylation sites is 1. The highest BCUT2D eigenvalue weighted by Crippen LogP contribution is 2.28. The molecule has 9 heteroatoms. The number of pyridine rings is 2. The number of amides is 1. The molecule has 3 aromatic rings. The maximum absolute atomic E-state index is 13.4. The number of hydrogen-bond acceptors (Lipinski definition) is 6. The van der Waals surface area contributed by atoms with E-state index in [1.54, 1.807) is 18.2 Å². The lowest BCUT2D eigenvalue weighted by Crippen LogP contribution is -2.44. The van der Waals surface area contributed by atoms with Crippen LogP contribution in [0.25, 0.3) is 10.9 Å². The van der Waals surface area contributed by atoms with Gasteiger partial charge in [0.25, 0.3) is 5.91 Å². The summed E-state index contributed by atoms with van der Waals surface area (Å²) in [7, 11) is -3.75. The molecular weight excluding hydrogens is 404 g/mol. The molecule has 1 aliphatic heterocycles. The van der Waals surface area contributed by atoms with Crippen molar-refractivity contribution in [3.63, 3.8) is 0 Å². The van der Waals surface area contributed by atoms with E-state index >= 15 is 0 Å². The van der Waals surface area contributed by atoms with Crippen LogP contribution in [0.1, 0.15) is 29.0 Å². The summed E-state index contributed by atoms with van der Waals surface area (Å²) in [5.74, 6) is -0.211. The van der Waals surface area contributed by atoms with Gasteiger partial charge in [-0.2, -0.15) is 4.31 Å². The lowest BCUT2D eigenvalue weighted by Gasteiger charge is -2.32. The lowest BCUT2D eigenvalue weighted by atomic mass is 10.1. The molecule has 0 radical (unpaired) electrons. The second-order valence-electron chi connectivity index (χ2n) is 7.27. The van der Waals surface area contributed by atoms with Crippen LogP contribution in [0.4, 0.5) is 0 Å². The van der Waals surface area contributed by atoms with Gasteiger partial charge in [-0.1, -0.05) is 18.2 Å². The maximum Gasteiger partial charge on any atom is 0.267 e. The molecule has 30 heavy (non-hydrogen) atoms. The number of aryl methyl sites for hydroxylation is 1. The number of hydrogen-bond donors (Lipinski definition) is 1. The van der Waals surface area contributed by atoms with Crippen molar-refractivity contribution in [1.29, 1.82) is 0 Å². The Morgan fingerprint density at radius 2 is 2.07 bits per heavy atom. The third kappa shape index (κ3) is 3.99. The Kier molecular flexibility index (Phi) is 5.40. The van der Waals surface area contributed by atoms with Gasteiger partial charge in [-0.3, -0.25) is 14.8 Å². The first-order valence-corrected chi connectivity index (χ1v) is 11.1. The summed E-state index contributed by atoms with van der Waals surface area (Å²) in [6.45, 7) is 2.45. The van der Waals surface area contributed by atoms with Crippen molar-refractivity contribution in [2.24, 2.45) is 5.73 Å². The van der Waals surface area contributed by atoms with Crippen molar-refractivity contribution in [1.82, 2.24) is 14.3 Å². The van der Waals surface area contributed by atoms with Crippen molar-refractivity contribution < 1.29 is 17.9 Å². The van der Waals surface area contributed by atoms with Gasteiger partial charge >= 0.3 is 0 Å². The molecule has 1 fully saturated rings. The Balaban J connectivity index is 1.59. The van der Waals surface area contributed by atoms with Crippen LogP contribution in [-0.4, -0.2) is 47.8 Å². The molecule has 4 rings (SSSR count). The van der Waals surface area contributed by atoms with Gasteiger partial charge < -0.3 is 10.5 Å². The van der Waals surface area contributed by atoms with Gasteiger partial charge in [-0.15, -0.1) is 0 Å². The predicted molar refractivity (Wildman–Crippen MR) is 112 cm³/mol. The van der Waals surface area contributed by atoms with E-state index in [1.807, 2.05) is 25.1 Å². The van der Waals surface area contributed by atoms with Crippen molar-refractivity contribution in [2.75, 3.05) is 13.1 Å². The largest absolute Gasteiger partial charge is 0.489 e. The van der Waals surface area contributed by atoms with E-state index in [0.717, 1.165) is 11.1 Å². The fourth-order valence-electron chi connectivity index (χ4n) is 3.60. The molecule has 2 aromatic heterocycles. The highest BCUT2D eigenvalue weighted by Gasteiger charge is 2.32. The van der Waals surface area contributed by atoms with Crippen molar-refractivity contribution in [2.45, 2.75) is 30.8 Å². The lowest BCUT2D eigenvalue weighted by molar-refractivity contribution is 0.0993. The van der Waals surface area contributed by atoms with Gasteiger partial charge in [-0.25, -0.2) is 8.42 Å². The Hall–Kier alpha value is -3.04. The minimum absolute atomic E-state index is 0.102. The molecule has 0 aliphatic carbocycles. The highest BCUT2D eigenvalue weighted by atomic mass is 32.2. The predicted octanol–water partition coefficient (Wildman–Crippen LogP) is 2.27.